The molecular weight excluding hydrogens is 522 g/mol. The Hall–Kier alpha value is 3.19. The average Bonchev–Trinajstić information content (AvgIpc) is 2.30. The first-order valence-electron chi connectivity index (χ1n) is 5.98. The van der Waals surface area contributed by atoms with Crippen LogP contribution in [0.1, 0.15) is 32.6 Å². The highest BCUT2D eigenvalue weighted by Gasteiger charge is 2.75. The Morgan fingerprint density at radius 1 is 0.682 bits per heavy atom. The third-order valence-electron chi connectivity index (χ3n) is 2.84. The van der Waals surface area contributed by atoms with Gasteiger partial charge in [0.05, 0.1) is 0 Å². The summed E-state index contributed by atoms with van der Waals surface area (Å²) in [5.41, 5.74) is 0. The van der Waals surface area contributed by atoms with E-state index in [9.17, 15) is 0 Å². The first-order valence-corrected chi connectivity index (χ1v) is 10.1. The van der Waals surface area contributed by atoms with Gasteiger partial charge in [-0.05, 0) is 6.42 Å². The SMILES string of the molecule is CCCCC[CH]C(Cl)(Cl)C(Cl)(Cl)C(Cl)(C(Cl)(Cl)Cl)C(Cl)(Cl)Cl. The van der Waals surface area contributed by atoms with Crippen LogP contribution in [0.2, 0.25) is 0 Å². The Kier molecular flexibility index (Phi) is 10.2. The quantitative estimate of drug-likeness (QED) is 0.226. The minimum Gasteiger partial charge on any atom is -0.106 e. The zero-order valence-electron chi connectivity index (χ0n) is 11.1. The molecule has 0 aromatic heterocycles. The molecular formula is C11H12Cl11. The van der Waals surface area contributed by atoms with Crippen LogP contribution < -0.4 is 0 Å². The van der Waals surface area contributed by atoms with Crippen molar-refractivity contribution in [2.45, 2.75) is 53.7 Å². The lowest BCUT2D eigenvalue weighted by Crippen LogP contribution is -2.66. The summed E-state index contributed by atoms with van der Waals surface area (Å²) in [6.45, 7) is 2.04. The van der Waals surface area contributed by atoms with Gasteiger partial charge in [0.1, 0.15) is 0 Å². The van der Waals surface area contributed by atoms with Crippen LogP contribution in [-0.2, 0) is 0 Å². The predicted molar refractivity (Wildman–Crippen MR) is 106 cm³/mol. The van der Waals surface area contributed by atoms with E-state index in [4.69, 9.17) is 128 Å². The third-order valence-corrected chi connectivity index (χ3v) is 8.59. The van der Waals surface area contributed by atoms with Gasteiger partial charge in [-0.15, -0.1) is 11.6 Å². The maximum Gasteiger partial charge on any atom is 0.216 e. The average molecular weight is 534 g/mol. The number of hydrogen-bond donors (Lipinski definition) is 0. The summed E-state index contributed by atoms with van der Waals surface area (Å²) >= 11 is 66.3. The van der Waals surface area contributed by atoms with Crippen LogP contribution in [0.4, 0.5) is 0 Å². The summed E-state index contributed by atoms with van der Waals surface area (Å²) in [4.78, 5) is -2.45. The Balaban J connectivity index is 5.62. The smallest absolute Gasteiger partial charge is 0.106 e. The molecule has 0 saturated heterocycles. The number of rotatable bonds is 7. The van der Waals surface area contributed by atoms with Crippen molar-refractivity contribution in [3.05, 3.63) is 6.42 Å². The number of hydrogen-bond acceptors (Lipinski definition) is 0. The second kappa shape index (κ2) is 8.92. The second-order valence-corrected chi connectivity index (χ2v) is 12.4. The van der Waals surface area contributed by atoms with Crippen LogP contribution in [0.5, 0.6) is 0 Å². The fourth-order valence-corrected chi connectivity index (χ4v) is 5.74. The number of halogens is 11. The van der Waals surface area contributed by atoms with Crippen molar-refractivity contribution in [3.63, 3.8) is 0 Å². The van der Waals surface area contributed by atoms with Crippen LogP contribution >= 0.6 is 128 Å². The van der Waals surface area contributed by atoms with Gasteiger partial charge in [-0.25, -0.2) is 0 Å². The fraction of sp³-hybridized carbons (Fsp3) is 0.909. The molecule has 0 atom stereocenters. The summed E-state index contributed by atoms with van der Waals surface area (Å²) in [5.74, 6) is 0. The van der Waals surface area contributed by atoms with E-state index < -0.39 is 21.1 Å². The molecule has 22 heavy (non-hydrogen) atoms. The maximum absolute atomic E-state index is 6.26. The molecule has 133 valence electrons. The van der Waals surface area contributed by atoms with Gasteiger partial charge in [-0.2, -0.15) is 0 Å². The van der Waals surface area contributed by atoms with Gasteiger partial charge < -0.3 is 0 Å². The Morgan fingerprint density at radius 2 is 1.09 bits per heavy atom. The third kappa shape index (κ3) is 5.35. The van der Waals surface area contributed by atoms with E-state index in [-0.39, 0.29) is 0 Å². The van der Waals surface area contributed by atoms with Crippen LogP contribution in [0, 0.1) is 6.42 Å². The molecule has 0 nitrogen and oxygen atoms in total. The number of unbranched alkanes of at least 4 members (excludes halogenated alkanes) is 3. The van der Waals surface area contributed by atoms with Gasteiger partial charge in [0, 0.05) is 6.42 Å². The van der Waals surface area contributed by atoms with Crippen LogP contribution in [-0.4, -0.2) is 21.1 Å². The van der Waals surface area contributed by atoms with Crippen molar-refractivity contribution in [2.24, 2.45) is 0 Å². The molecule has 0 aliphatic heterocycles. The van der Waals surface area contributed by atoms with Crippen LogP contribution in [0.25, 0.3) is 0 Å². The molecule has 11 heteroatoms. The van der Waals surface area contributed by atoms with E-state index >= 15 is 0 Å². The molecule has 0 spiro atoms. The molecule has 0 bridgehead atoms. The van der Waals surface area contributed by atoms with E-state index in [1.807, 2.05) is 6.92 Å². The first-order chi connectivity index (χ1) is 9.56. The molecule has 1 radical (unpaired) electrons. The van der Waals surface area contributed by atoms with Crippen molar-refractivity contribution in [2.75, 3.05) is 0 Å². The normalized spacial score (nSPS) is 15.3. The molecule has 0 aromatic rings. The summed E-state index contributed by atoms with van der Waals surface area (Å²) < 4.78 is -9.07. The molecule has 0 heterocycles. The van der Waals surface area contributed by atoms with Crippen molar-refractivity contribution in [1.29, 1.82) is 0 Å². The minimum absolute atomic E-state index is 0.495. The molecule has 0 aliphatic rings. The van der Waals surface area contributed by atoms with Crippen molar-refractivity contribution in [1.82, 2.24) is 0 Å². The highest BCUT2D eigenvalue weighted by Crippen LogP contribution is 2.68. The molecule has 0 amide bonds. The van der Waals surface area contributed by atoms with Gasteiger partial charge >= 0.3 is 0 Å². The van der Waals surface area contributed by atoms with E-state index in [1.165, 1.54) is 6.42 Å². The Labute approximate surface area is 186 Å². The van der Waals surface area contributed by atoms with Gasteiger partial charge in [0.25, 0.3) is 0 Å². The summed E-state index contributed by atoms with van der Waals surface area (Å²) in [7, 11) is 0. The summed E-state index contributed by atoms with van der Waals surface area (Å²) in [6.07, 6.45) is 4.70. The zero-order chi connectivity index (χ0) is 18.0. The summed E-state index contributed by atoms with van der Waals surface area (Å²) in [5, 5.41) is 0. The molecule has 0 saturated carbocycles. The molecule has 0 rings (SSSR count). The lowest BCUT2D eigenvalue weighted by Gasteiger charge is -2.50. The molecule has 0 fully saturated rings. The van der Waals surface area contributed by atoms with Gasteiger partial charge in [-0.3, -0.25) is 0 Å². The van der Waals surface area contributed by atoms with Crippen molar-refractivity contribution < 1.29 is 0 Å². The lowest BCUT2D eigenvalue weighted by molar-refractivity contribution is 0.485. The van der Waals surface area contributed by atoms with E-state index in [2.05, 4.69) is 0 Å². The largest absolute Gasteiger partial charge is 0.216 e. The van der Waals surface area contributed by atoms with Crippen molar-refractivity contribution in [3.8, 4) is 0 Å². The number of alkyl halides is 11. The molecule has 0 aromatic carbocycles. The van der Waals surface area contributed by atoms with E-state index in [0.29, 0.717) is 6.42 Å². The highest BCUT2D eigenvalue weighted by molar-refractivity contribution is 6.81. The molecule has 0 N–H and O–H groups in total. The van der Waals surface area contributed by atoms with Gasteiger partial charge in [0.15, 0.2) is 13.5 Å². The molecule has 0 aliphatic carbocycles. The first kappa shape index (κ1) is 25.2. The Morgan fingerprint density at radius 3 is 1.41 bits per heavy atom. The highest BCUT2D eigenvalue weighted by atomic mass is 35.6. The zero-order valence-corrected chi connectivity index (χ0v) is 19.4. The fourth-order valence-electron chi connectivity index (χ4n) is 1.55. The Bertz CT molecular complexity index is 338. The second-order valence-electron chi connectivity index (χ2n) is 4.55. The van der Waals surface area contributed by atoms with Crippen molar-refractivity contribution >= 4 is 128 Å². The topological polar surface area (TPSA) is 0 Å². The lowest BCUT2D eigenvalue weighted by atomic mass is 9.99. The minimum atomic E-state index is -2.45. The van der Waals surface area contributed by atoms with Gasteiger partial charge in [0.2, 0.25) is 7.59 Å². The monoisotopic (exact) mass is 529 g/mol. The van der Waals surface area contributed by atoms with E-state index in [0.717, 1.165) is 19.3 Å². The summed E-state index contributed by atoms with van der Waals surface area (Å²) in [6, 6.07) is 0. The van der Waals surface area contributed by atoms with E-state index in [1.54, 1.807) is 0 Å². The predicted octanol–water partition coefficient (Wildman–Crippen LogP) is 8.84. The standard InChI is InChI=1S/C11H12Cl11/c1-2-3-4-5-6-7(12,13)9(15,16)8(14,10(17,18)19)11(20,21)22/h6H,2-5H2,1H3. The van der Waals surface area contributed by atoms with Gasteiger partial charge in [-0.1, -0.05) is 142 Å². The van der Waals surface area contributed by atoms with Crippen LogP contribution in [0.15, 0.2) is 0 Å². The maximum atomic E-state index is 6.26. The van der Waals surface area contributed by atoms with Crippen LogP contribution in [0.3, 0.4) is 0 Å². The molecule has 0 unspecified atom stereocenters.